The van der Waals surface area contributed by atoms with Crippen molar-refractivity contribution in [1.82, 2.24) is 19.4 Å². The number of amides is 1. The number of nitrogens with zero attached hydrogens (tertiary/aromatic N) is 3. The van der Waals surface area contributed by atoms with Crippen LogP contribution in [0.2, 0.25) is 0 Å². The lowest BCUT2D eigenvalue weighted by atomic mass is 9.81. The quantitative estimate of drug-likeness (QED) is 0.621. The van der Waals surface area contributed by atoms with Crippen LogP contribution in [0.3, 0.4) is 0 Å². The third-order valence-electron chi connectivity index (χ3n) is 7.62. The topological polar surface area (TPSA) is 79.8 Å². The second-order valence-electron chi connectivity index (χ2n) is 9.40. The molecule has 8 heteroatoms. The molecule has 2 aliphatic heterocycles. The SMILES string of the molecule is COc1ccc(CN(C(=O)n2c(=O)[nH]c3ccccc32)C2CC3CCCC(C2)N3C)c(OC)c1. The summed E-state index contributed by atoms with van der Waals surface area (Å²) in [6, 6.07) is 13.6. The highest BCUT2D eigenvalue weighted by Gasteiger charge is 2.40. The second kappa shape index (κ2) is 9.18. The van der Waals surface area contributed by atoms with Crippen molar-refractivity contribution in [3.05, 3.63) is 58.5 Å². The highest BCUT2D eigenvalue weighted by molar-refractivity contribution is 5.89. The number of aromatic nitrogens is 2. The Morgan fingerprint density at radius 1 is 1.09 bits per heavy atom. The van der Waals surface area contributed by atoms with Crippen LogP contribution in [0, 0.1) is 0 Å². The molecule has 0 radical (unpaired) electrons. The van der Waals surface area contributed by atoms with Crippen LogP contribution < -0.4 is 15.2 Å². The highest BCUT2D eigenvalue weighted by Crippen LogP contribution is 2.36. The van der Waals surface area contributed by atoms with E-state index < -0.39 is 5.69 Å². The van der Waals surface area contributed by atoms with Crippen LogP contribution >= 0.6 is 0 Å². The Bertz CT molecular complexity index is 1240. The molecule has 2 unspecified atom stereocenters. The molecule has 1 N–H and O–H groups in total. The van der Waals surface area contributed by atoms with Gasteiger partial charge in [-0.1, -0.05) is 18.6 Å². The third-order valence-corrected chi connectivity index (χ3v) is 7.62. The van der Waals surface area contributed by atoms with Crippen LogP contribution in [0.25, 0.3) is 11.0 Å². The van der Waals surface area contributed by atoms with Crippen LogP contribution in [0.4, 0.5) is 4.79 Å². The molecule has 0 spiro atoms. The molecule has 2 fully saturated rings. The van der Waals surface area contributed by atoms with E-state index in [2.05, 4.69) is 16.9 Å². The smallest absolute Gasteiger partial charge is 0.334 e. The molecule has 5 rings (SSSR count). The summed E-state index contributed by atoms with van der Waals surface area (Å²) in [7, 11) is 5.44. The van der Waals surface area contributed by atoms with Gasteiger partial charge in [-0.2, -0.15) is 0 Å². The number of benzene rings is 2. The number of hydrogen-bond donors (Lipinski definition) is 1. The zero-order valence-electron chi connectivity index (χ0n) is 20.0. The molecule has 2 bridgehead atoms. The first-order valence-corrected chi connectivity index (χ1v) is 11.9. The van der Waals surface area contributed by atoms with E-state index in [1.807, 2.05) is 41.3 Å². The van der Waals surface area contributed by atoms with Crippen LogP contribution in [-0.2, 0) is 6.54 Å². The van der Waals surface area contributed by atoms with Crippen LogP contribution in [0.1, 0.15) is 37.7 Å². The number of H-pyrrole nitrogens is 1. The summed E-state index contributed by atoms with van der Waals surface area (Å²) in [5, 5.41) is 0. The normalized spacial score (nSPS) is 22.5. The summed E-state index contributed by atoms with van der Waals surface area (Å²) in [4.78, 5) is 34.1. The molecule has 2 atom stereocenters. The van der Waals surface area contributed by atoms with Crippen molar-refractivity contribution in [2.75, 3.05) is 21.3 Å². The van der Waals surface area contributed by atoms with Crippen molar-refractivity contribution in [2.24, 2.45) is 0 Å². The summed E-state index contributed by atoms with van der Waals surface area (Å²) >= 11 is 0. The molecule has 2 aliphatic rings. The predicted molar refractivity (Wildman–Crippen MR) is 131 cm³/mol. The van der Waals surface area contributed by atoms with Gasteiger partial charge in [-0.05, 0) is 57.0 Å². The number of carbonyl (C=O) groups is 1. The van der Waals surface area contributed by atoms with Gasteiger partial charge in [0.15, 0.2) is 0 Å². The van der Waals surface area contributed by atoms with Crippen molar-refractivity contribution in [3.63, 3.8) is 0 Å². The Kier molecular flexibility index (Phi) is 6.08. The van der Waals surface area contributed by atoms with Crippen molar-refractivity contribution in [2.45, 2.75) is 56.8 Å². The van der Waals surface area contributed by atoms with Gasteiger partial charge in [0.05, 0.1) is 31.8 Å². The van der Waals surface area contributed by atoms with E-state index in [1.54, 1.807) is 20.3 Å². The molecule has 3 aromatic rings. The van der Waals surface area contributed by atoms with Gasteiger partial charge in [0.2, 0.25) is 0 Å². The van der Waals surface area contributed by atoms with Crippen LogP contribution in [-0.4, -0.2) is 64.8 Å². The lowest BCUT2D eigenvalue weighted by Crippen LogP contribution is -2.57. The molecule has 1 amide bonds. The van der Waals surface area contributed by atoms with Gasteiger partial charge < -0.3 is 24.3 Å². The average molecular weight is 465 g/mol. The zero-order chi connectivity index (χ0) is 23.8. The molecule has 1 aromatic heterocycles. The minimum atomic E-state index is -0.411. The van der Waals surface area contributed by atoms with Gasteiger partial charge in [-0.25, -0.2) is 14.2 Å². The van der Waals surface area contributed by atoms with Gasteiger partial charge in [0.1, 0.15) is 11.5 Å². The minimum Gasteiger partial charge on any atom is -0.497 e. The summed E-state index contributed by atoms with van der Waals surface area (Å²) in [5.74, 6) is 1.36. The number of aromatic amines is 1. The van der Waals surface area contributed by atoms with E-state index >= 15 is 0 Å². The van der Waals surface area contributed by atoms with Crippen molar-refractivity contribution < 1.29 is 14.3 Å². The van der Waals surface area contributed by atoms with Crippen molar-refractivity contribution in [3.8, 4) is 11.5 Å². The lowest BCUT2D eigenvalue weighted by molar-refractivity contribution is 0.0182. The second-order valence-corrected chi connectivity index (χ2v) is 9.40. The molecule has 2 aromatic carbocycles. The maximum atomic E-state index is 14.1. The largest absolute Gasteiger partial charge is 0.497 e. The number of methoxy groups -OCH3 is 2. The van der Waals surface area contributed by atoms with Gasteiger partial charge in [0, 0.05) is 29.8 Å². The monoisotopic (exact) mass is 464 g/mol. The Hall–Kier alpha value is -3.26. The molecule has 0 saturated carbocycles. The summed E-state index contributed by atoms with van der Waals surface area (Å²) in [6.07, 6.45) is 5.31. The Morgan fingerprint density at radius 3 is 2.53 bits per heavy atom. The molecule has 0 aliphatic carbocycles. The molecular formula is C26H32N4O4. The Labute approximate surface area is 199 Å². The minimum absolute atomic E-state index is 0.0337. The Morgan fingerprint density at radius 2 is 1.82 bits per heavy atom. The first-order valence-electron chi connectivity index (χ1n) is 11.9. The number of para-hydroxylation sites is 2. The molecule has 3 heterocycles. The first-order chi connectivity index (χ1) is 16.5. The highest BCUT2D eigenvalue weighted by atomic mass is 16.5. The van der Waals surface area contributed by atoms with E-state index in [9.17, 15) is 9.59 Å². The van der Waals surface area contributed by atoms with Crippen LogP contribution in [0.15, 0.2) is 47.3 Å². The van der Waals surface area contributed by atoms with Crippen molar-refractivity contribution >= 4 is 17.1 Å². The first kappa shape index (κ1) is 22.5. The number of piperidine rings is 2. The summed E-state index contributed by atoms with van der Waals surface area (Å²) in [6.45, 7) is 0.353. The fraction of sp³-hybridized carbons (Fsp3) is 0.462. The molecular weight excluding hydrogens is 432 g/mol. The van der Waals surface area contributed by atoms with Gasteiger partial charge in [-0.3, -0.25) is 0 Å². The predicted octanol–water partition coefficient (Wildman–Crippen LogP) is 3.83. The van der Waals surface area contributed by atoms with E-state index in [-0.39, 0.29) is 12.1 Å². The molecule has 180 valence electrons. The van der Waals surface area contributed by atoms with Gasteiger partial charge in [0.25, 0.3) is 0 Å². The maximum Gasteiger partial charge on any atom is 0.334 e. The number of rotatable bonds is 5. The van der Waals surface area contributed by atoms with E-state index in [4.69, 9.17) is 9.47 Å². The fourth-order valence-corrected chi connectivity index (χ4v) is 5.73. The van der Waals surface area contributed by atoms with E-state index in [1.165, 1.54) is 11.0 Å². The van der Waals surface area contributed by atoms with E-state index in [0.29, 0.717) is 41.2 Å². The van der Waals surface area contributed by atoms with Crippen LogP contribution in [0.5, 0.6) is 11.5 Å². The average Bonchev–Trinajstić information content (AvgIpc) is 3.17. The standard InChI is InChI=1S/C26H32N4O4/c1-28-18-7-6-8-19(28)14-20(13-18)29(16-17-11-12-21(33-2)15-24(17)34-3)26(32)30-23-10-5-4-9-22(23)27-25(30)31/h4-5,9-12,15,18-20H,6-8,13-14,16H2,1-3H3,(H,27,31). The number of carbonyl (C=O) groups excluding carboxylic acids is 1. The maximum absolute atomic E-state index is 14.1. The summed E-state index contributed by atoms with van der Waals surface area (Å²) in [5.41, 5.74) is 1.72. The number of hydrogen-bond acceptors (Lipinski definition) is 5. The zero-order valence-corrected chi connectivity index (χ0v) is 20.0. The van der Waals surface area contributed by atoms with Crippen molar-refractivity contribution in [1.29, 1.82) is 0 Å². The molecule has 2 saturated heterocycles. The van der Waals surface area contributed by atoms with Gasteiger partial charge in [-0.15, -0.1) is 0 Å². The third kappa shape index (κ3) is 3.96. The molecule has 8 nitrogen and oxygen atoms in total. The fourth-order valence-electron chi connectivity index (χ4n) is 5.73. The number of fused-ring (bicyclic) bond motifs is 3. The number of ether oxygens (including phenoxy) is 2. The Balaban J connectivity index is 1.55. The number of imidazole rings is 1. The summed E-state index contributed by atoms with van der Waals surface area (Å²) < 4.78 is 12.3. The molecule has 34 heavy (non-hydrogen) atoms. The number of nitrogens with one attached hydrogen (secondary N) is 1. The lowest BCUT2D eigenvalue weighted by Gasteiger charge is -2.49. The van der Waals surface area contributed by atoms with Gasteiger partial charge >= 0.3 is 11.7 Å². The van der Waals surface area contributed by atoms with E-state index in [0.717, 1.165) is 31.2 Å².